The van der Waals surface area contributed by atoms with Crippen LogP contribution in [0, 0.1) is 6.92 Å². The van der Waals surface area contributed by atoms with Gasteiger partial charge in [0.25, 0.3) is 0 Å². The number of nitrogens with zero attached hydrogens (tertiary/aromatic N) is 1. The van der Waals surface area contributed by atoms with E-state index in [0.29, 0.717) is 0 Å². The lowest BCUT2D eigenvalue weighted by molar-refractivity contribution is 1.12. The van der Waals surface area contributed by atoms with E-state index < -0.39 is 0 Å². The molecule has 18 heavy (non-hydrogen) atoms. The van der Waals surface area contributed by atoms with Gasteiger partial charge in [-0.15, -0.1) is 11.3 Å². The predicted octanol–water partition coefficient (Wildman–Crippen LogP) is 4.22. The topological polar surface area (TPSA) is 24.9 Å². The lowest BCUT2D eigenvalue weighted by atomic mass is 10.2. The van der Waals surface area contributed by atoms with Crippen molar-refractivity contribution in [1.82, 2.24) is 4.98 Å². The molecule has 0 aliphatic heterocycles. The minimum absolute atomic E-state index is 0.781. The summed E-state index contributed by atoms with van der Waals surface area (Å²) >= 11 is 1.76. The molecule has 0 amide bonds. The Morgan fingerprint density at radius 3 is 2.67 bits per heavy atom. The first kappa shape index (κ1) is 11.2. The second-order valence-electron chi connectivity index (χ2n) is 4.25. The van der Waals surface area contributed by atoms with Crippen LogP contribution in [0.25, 0.3) is 10.2 Å². The lowest BCUT2D eigenvalue weighted by Gasteiger charge is -2.02. The second-order valence-corrected chi connectivity index (χ2v) is 5.36. The smallest absolute Gasteiger partial charge is 0.113 e. The Morgan fingerprint density at radius 2 is 1.89 bits per heavy atom. The fraction of sp³-hybridized carbons (Fsp3) is 0.133. The highest BCUT2D eigenvalue weighted by Gasteiger charge is 2.05. The van der Waals surface area contributed by atoms with Crippen LogP contribution in [0.4, 0.5) is 5.69 Å². The molecule has 0 unspecified atom stereocenters. The molecule has 2 nitrogen and oxygen atoms in total. The normalized spacial score (nSPS) is 10.7. The highest BCUT2D eigenvalue weighted by Crippen LogP contribution is 2.25. The summed E-state index contributed by atoms with van der Waals surface area (Å²) in [6.45, 7) is 2.89. The molecule has 2 aromatic carbocycles. The molecule has 1 heterocycles. The van der Waals surface area contributed by atoms with Crippen molar-refractivity contribution < 1.29 is 0 Å². The van der Waals surface area contributed by atoms with Gasteiger partial charge in [0.05, 0.1) is 16.8 Å². The van der Waals surface area contributed by atoms with Crippen molar-refractivity contribution in [1.29, 1.82) is 0 Å². The summed E-state index contributed by atoms with van der Waals surface area (Å²) in [4.78, 5) is 4.68. The maximum atomic E-state index is 4.68. The Hall–Kier alpha value is -1.87. The molecule has 0 aliphatic carbocycles. The van der Waals surface area contributed by atoms with E-state index in [2.05, 4.69) is 47.6 Å². The van der Waals surface area contributed by atoms with Crippen LogP contribution < -0.4 is 5.32 Å². The molecule has 90 valence electrons. The zero-order valence-corrected chi connectivity index (χ0v) is 11.0. The van der Waals surface area contributed by atoms with Crippen LogP contribution in [0.3, 0.4) is 0 Å². The molecule has 3 heteroatoms. The summed E-state index contributed by atoms with van der Waals surface area (Å²) < 4.78 is 1.26. The van der Waals surface area contributed by atoms with Gasteiger partial charge in [0.2, 0.25) is 0 Å². The summed E-state index contributed by atoms with van der Waals surface area (Å²) in [6, 6.07) is 16.5. The molecule has 1 N–H and O–H groups in total. The van der Waals surface area contributed by atoms with Crippen LogP contribution in [0.5, 0.6) is 0 Å². The number of nitrogens with one attached hydrogen (secondary N) is 1. The maximum absolute atomic E-state index is 4.68. The molecule has 1 aromatic heterocycles. The molecule has 0 atom stereocenters. The molecule has 0 saturated heterocycles. The van der Waals surface area contributed by atoms with Crippen LogP contribution in [0.1, 0.15) is 10.6 Å². The summed E-state index contributed by atoms with van der Waals surface area (Å²) in [5, 5.41) is 4.52. The number of anilines is 1. The van der Waals surface area contributed by atoms with E-state index in [1.807, 2.05) is 18.2 Å². The summed E-state index contributed by atoms with van der Waals surface area (Å²) in [7, 11) is 0. The third-order valence-electron chi connectivity index (χ3n) is 2.88. The number of benzene rings is 2. The van der Waals surface area contributed by atoms with Crippen LogP contribution in [0.2, 0.25) is 0 Å². The van der Waals surface area contributed by atoms with Gasteiger partial charge in [0.1, 0.15) is 5.01 Å². The van der Waals surface area contributed by atoms with E-state index >= 15 is 0 Å². The molecule has 3 aromatic rings. The maximum Gasteiger partial charge on any atom is 0.113 e. The number of rotatable bonds is 3. The van der Waals surface area contributed by atoms with Crippen molar-refractivity contribution in [3.63, 3.8) is 0 Å². The Labute approximate surface area is 110 Å². The van der Waals surface area contributed by atoms with E-state index in [1.165, 1.54) is 10.3 Å². The van der Waals surface area contributed by atoms with Crippen molar-refractivity contribution >= 4 is 27.2 Å². The van der Waals surface area contributed by atoms with Gasteiger partial charge < -0.3 is 5.32 Å². The highest BCUT2D eigenvalue weighted by atomic mass is 32.1. The fourth-order valence-electron chi connectivity index (χ4n) is 1.94. The summed E-state index contributed by atoms with van der Waals surface area (Å²) in [5.41, 5.74) is 3.51. The van der Waals surface area contributed by atoms with E-state index in [1.54, 1.807) is 11.3 Å². The molecule has 0 spiro atoms. The van der Waals surface area contributed by atoms with Crippen LogP contribution >= 0.6 is 11.3 Å². The zero-order chi connectivity index (χ0) is 12.4. The van der Waals surface area contributed by atoms with Crippen molar-refractivity contribution in [2.45, 2.75) is 13.5 Å². The Kier molecular flexibility index (Phi) is 2.99. The summed E-state index contributed by atoms with van der Waals surface area (Å²) in [6.07, 6.45) is 0. The third kappa shape index (κ3) is 2.22. The molecule has 0 fully saturated rings. The fourth-order valence-corrected chi connectivity index (χ4v) is 2.93. The molecule has 0 bridgehead atoms. The van der Waals surface area contributed by atoms with Gasteiger partial charge in [-0.25, -0.2) is 4.98 Å². The van der Waals surface area contributed by atoms with Gasteiger partial charge in [-0.3, -0.25) is 0 Å². The van der Waals surface area contributed by atoms with Gasteiger partial charge >= 0.3 is 0 Å². The lowest BCUT2D eigenvalue weighted by Crippen LogP contribution is -1.98. The Bertz CT molecular complexity index is 659. The largest absolute Gasteiger partial charge is 0.379 e. The minimum Gasteiger partial charge on any atom is -0.379 e. The first-order valence-electron chi connectivity index (χ1n) is 5.97. The van der Waals surface area contributed by atoms with Crippen molar-refractivity contribution in [3.8, 4) is 0 Å². The molecule has 0 radical (unpaired) electrons. The average molecular weight is 254 g/mol. The number of para-hydroxylation sites is 2. The minimum atomic E-state index is 0.781. The number of hydrogen-bond acceptors (Lipinski definition) is 3. The highest BCUT2D eigenvalue weighted by molar-refractivity contribution is 7.18. The van der Waals surface area contributed by atoms with Gasteiger partial charge in [-0.2, -0.15) is 0 Å². The number of hydrogen-bond donors (Lipinski definition) is 1. The monoisotopic (exact) mass is 254 g/mol. The third-order valence-corrected chi connectivity index (χ3v) is 3.90. The van der Waals surface area contributed by atoms with Gasteiger partial charge in [0, 0.05) is 5.69 Å². The Balaban J connectivity index is 1.81. The van der Waals surface area contributed by atoms with Gasteiger partial charge in [-0.1, -0.05) is 30.3 Å². The number of aryl methyl sites for hydroxylation is 1. The quantitative estimate of drug-likeness (QED) is 0.757. The van der Waals surface area contributed by atoms with Crippen LogP contribution in [-0.4, -0.2) is 4.98 Å². The SMILES string of the molecule is Cc1cccc2sc(CNc3ccccc3)nc12. The van der Waals surface area contributed by atoms with E-state index in [0.717, 1.165) is 22.8 Å². The molecular formula is C15H14N2S. The van der Waals surface area contributed by atoms with Crippen LogP contribution in [0.15, 0.2) is 48.5 Å². The van der Waals surface area contributed by atoms with E-state index in [-0.39, 0.29) is 0 Å². The van der Waals surface area contributed by atoms with Gasteiger partial charge in [0.15, 0.2) is 0 Å². The zero-order valence-electron chi connectivity index (χ0n) is 10.2. The van der Waals surface area contributed by atoms with E-state index in [9.17, 15) is 0 Å². The number of thiazole rings is 1. The predicted molar refractivity (Wildman–Crippen MR) is 78.1 cm³/mol. The standard InChI is InChI=1S/C15H14N2S/c1-11-6-5-9-13-15(11)17-14(18-13)10-16-12-7-3-2-4-8-12/h2-9,16H,10H2,1H3. The Morgan fingerprint density at radius 1 is 1.06 bits per heavy atom. The van der Waals surface area contributed by atoms with Crippen molar-refractivity contribution in [2.24, 2.45) is 0 Å². The van der Waals surface area contributed by atoms with Crippen molar-refractivity contribution in [3.05, 3.63) is 59.1 Å². The average Bonchev–Trinajstić information content (AvgIpc) is 2.82. The molecule has 0 saturated carbocycles. The molecule has 0 aliphatic rings. The molecular weight excluding hydrogens is 240 g/mol. The van der Waals surface area contributed by atoms with Crippen LogP contribution in [-0.2, 0) is 6.54 Å². The number of aromatic nitrogens is 1. The first-order chi connectivity index (χ1) is 8.83. The summed E-state index contributed by atoms with van der Waals surface area (Å²) in [5.74, 6) is 0. The van der Waals surface area contributed by atoms with E-state index in [4.69, 9.17) is 0 Å². The van der Waals surface area contributed by atoms with Crippen molar-refractivity contribution in [2.75, 3.05) is 5.32 Å². The first-order valence-corrected chi connectivity index (χ1v) is 6.78. The van der Waals surface area contributed by atoms with Gasteiger partial charge in [-0.05, 0) is 30.7 Å². The number of fused-ring (bicyclic) bond motifs is 1. The second kappa shape index (κ2) is 4.78. The molecule has 3 rings (SSSR count).